The second-order valence-corrected chi connectivity index (χ2v) is 4.76. The summed E-state index contributed by atoms with van der Waals surface area (Å²) in [6, 6.07) is -0.859. The third-order valence-electron chi connectivity index (χ3n) is 3.21. The zero-order chi connectivity index (χ0) is 16.0. The van der Waals surface area contributed by atoms with E-state index in [-0.39, 0.29) is 13.0 Å². The van der Waals surface area contributed by atoms with Gasteiger partial charge in [-0.15, -0.1) is 0 Å². The van der Waals surface area contributed by atoms with Crippen LogP contribution in [-0.2, 0) is 19.1 Å². The molecule has 1 fully saturated rings. The van der Waals surface area contributed by atoms with E-state index in [0.717, 1.165) is 6.08 Å². The Kier molecular flexibility index (Phi) is 6.76. The van der Waals surface area contributed by atoms with Gasteiger partial charge < -0.3 is 30.1 Å². The number of aliphatic hydroxyl groups is 3. The maximum Gasteiger partial charge on any atom is 0.330 e. The zero-order valence-corrected chi connectivity index (χ0v) is 11.8. The topological polar surface area (TPSA) is 125 Å². The van der Waals surface area contributed by atoms with Crippen LogP contribution in [0.1, 0.15) is 13.3 Å². The van der Waals surface area contributed by atoms with Crippen LogP contribution in [0, 0.1) is 0 Å². The predicted molar refractivity (Wildman–Crippen MR) is 71.1 cm³/mol. The number of aliphatic hydroxyl groups excluding tert-OH is 3. The molecule has 0 unspecified atom stereocenters. The molecule has 21 heavy (non-hydrogen) atoms. The average Bonchev–Trinajstić information content (AvgIpc) is 2.45. The summed E-state index contributed by atoms with van der Waals surface area (Å²) in [7, 11) is 0. The molecule has 0 aliphatic carbocycles. The lowest BCUT2D eigenvalue weighted by Crippen LogP contribution is -2.64. The van der Waals surface area contributed by atoms with Crippen LogP contribution in [0.4, 0.5) is 0 Å². The minimum Gasteiger partial charge on any atom is -0.462 e. The molecular weight excluding hydrogens is 282 g/mol. The van der Waals surface area contributed by atoms with Crippen LogP contribution in [0.3, 0.4) is 0 Å². The SMILES string of the molecule is C=CC(=O)OCC[C@@H]1O[C@H](CO)[C@@H](O)[C@H](O)[C@H]1NC(C)=O. The summed E-state index contributed by atoms with van der Waals surface area (Å²) in [6.07, 6.45) is -3.08. The molecule has 0 spiro atoms. The van der Waals surface area contributed by atoms with Crippen molar-refractivity contribution in [2.24, 2.45) is 0 Å². The Bertz CT molecular complexity index is 387. The Morgan fingerprint density at radius 2 is 2.00 bits per heavy atom. The van der Waals surface area contributed by atoms with Crippen LogP contribution >= 0.6 is 0 Å². The lowest BCUT2D eigenvalue weighted by molar-refractivity contribution is -0.198. The third-order valence-corrected chi connectivity index (χ3v) is 3.21. The van der Waals surface area contributed by atoms with Crippen LogP contribution < -0.4 is 5.32 Å². The van der Waals surface area contributed by atoms with Crippen LogP contribution in [0.25, 0.3) is 0 Å². The molecule has 5 atom stereocenters. The number of hydrogen-bond donors (Lipinski definition) is 4. The van der Waals surface area contributed by atoms with E-state index in [2.05, 4.69) is 11.9 Å². The molecule has 120 valence electrons. The van der Waals surface area contributed by atoms with Crippen LogP contribution in [0.5, 0.6) is 0 Å². The number of carbonyl (C=O) groups excluding carboxylic acids is 2. The van der Waals surface area contributed by atoms with Gasteiger partial charge in [0.1, 0.15) is 18.3 Å². The van der Waals surface area contributed by atoms with Gasteiger partial charge >= 0.3 is 5.97 Å². The molecule has 8 heteroatoms. The van der Waals surface area contributed by atoms with E-state index in [1.807, 2.05) is 0 Å². The summed E-state index contributed by atoms with van der Waals surface area (Å²) < 4.78 is 10.3. The number of hydrogen-bond acceptors (Lipinski definition) is 7. The predicted octanol–water partition coefficient (Wildman–Crippen LogP) is -1.91. The van der Waals surface area contributed by atoms with Gasteiger partial charge in [-0.25, -0.2) is 4.79 Å². The van der Waals surface area contributed by atoms with Crippen molar-refractivity contribution in [2.45, 2.75) is 43.8 Å². The molecule has 0 radical (unpaired) electrons. The van der Waals surface area contributed by atoms with Crippen molar-refractivity contribution >= 4 is 11.9 Å². The first-order valence-electron chi connectivity index (χ1n) is 6.59. The summed E-state index contributed by atoms with van der Waals surface area (Å²) in [5.41, 5.74) is 0. The summed E-state index contributed by atoms with van der Waals surface area (Å²) in [6.45, 7) is 4.04. The molecule has 1 aliphatic rings. The van der Waals surface area contributed by atoms with Crippen molar-refractivity contribution in [3.8, 4) is 0 Å². The van der Waals surface area contributed by atoms with Crippen molar-refractivity contribution in [3.63, 3.8) is 0 Å². The normalized spacial score (nSPS) is 32.3. The van der Waals surface area contributed by atoms with Gasteiger partial charge in [-0.2, -0.15) is 0 Å². The fourth-order valence-corrected chi connectivity index (χ4v) is 2.19. The molecule has 1 aliphatic heterocycles. The van der Waals surface area contributed by atoms with Gasteiger partial charge in [0.2, 0.25) is 5.91 Å². The standard InChI is InChI=1S/C13H21NO7/c1-3-10(17)20-5-4-8-11(14-7(2)16)13(19)12(18)9(6-15)21-8/h3,8-9,11-13,15,18-19H,1,4-6H2,2H3,(H,14,16)/t8-,9+,11-,12+,13+/m0/s1. The van der Waals surface area contributed by atoms with E-state index >= 15 is 0 Å². The number of carbonyl (C=O) groups is 2. The van der Waals surface area contributed by atoms with E-state index < -0.39 is 48.9 Å². The van der Waals surface area contributed by atoms with Crippen molar-refractivity contribution in [1.29, 1.82) is 0 Å². The van der Waals surface area contributed by atoms with Gasteiger partial charge in [0, 0.05) is 19.4 Å². The quantitative estimate of drug-likeness (QED) is 0.333. The number of esters is 1. The first kappa shape index (κ1) is 17.6. The van der Waals surface area contributed by atoms with Gasteiger partial charge in [0.05, 0.1) is 25.4 Å². The van der Waals surface area contributed by atoms with E-state index in [1.165, 1.54) is 6.92 Å². The van der Waals surface area contributed by atoms with Crippen molar-refractivity contribution in [2.75, 3.05) is 13.2 Å². The molecule has 1 saturated heterocycles. The zero-order valence-electron chi connectivity index (χ0n) is 11.8. The highest BCUT2D eigenvalue weighted by Crippen LogP contribution is 2.23. The number of amides is 1. The molecule has 0 aromatic heterocycles. The highest BCUT2D eigenvalue weighted by atomic mass is 16.5. The summed E-state index contributed by atoms with van der Waals surface area (Å²) in [5.74, 6) is -0.994. The summed E-state index contributed by atoms with van der Waals surface area (Å²) in [5, 5.41) is 31.5. The smallest absolute Gasteiger partial charge is 0.330 e. The Balaban J connectivity index is 2.71. The van der Waals surface area contributed by atoms with E-state index in [9.17, 15) is 19.8 Å². The summed E-state index contributed by atoms with van der Waals surface area (Å²) >= 11 is 0. The van der Waals surface area contributed by atoms with Crippen molar-refractivity contribution < 1.29 is 34.4 Å². The third kappa shape index (κ3) is 4.78. The lowest BCUT2D eigenvalue weighted by Gasteiger charge is -2.42. The van der Waals surface area contributed by atoms with Gasteiger partial charge in [-0.3, -0.25) is 4.79 Å². The highest BCUT2D eigenvalue weighted by Gasteiger charge is 2.44. The first-order chi connectivity index (χ1) is 9.90. The van der Waals surface area contributed by atoms with Crippen molar-refractivity contribution in [1.82, 2.24) is 5.32 Å². The average molecular weight is 303 g/mol. The van der Waals surface area contributed by atoms with Gasteiger partial charge in [-0.1, -0.05) is 6.58 Å². The van der Waals surface area contributed by atoms with Crippen LogP contribution in [0.2, 0.25) is 0 Å². The number of ether oxygens (including phenoxy) is 2. The Morgan fingerprint density at radius 3 is 2.52 bits per heavy atom. The Morgan fingerprint density at radius 1 is 1.33 bits per heavy atom. The first-order valence-corrected chi connectivity index (χ1v) is 6.59. The molecule has 0 aromatic rings. The lowest BCUT2D eigenvalue weighted by atomic mass is 9.91. The van der Waals surface area contributed by atoms with Gasteiger partial charge in [0.25, 0.3) is 0 Å². The second-order valence-electron chi connectivity index (χ2n) is 4.76. The number of rotatable bonds is 6. The fourth-order valence-electron chi connectivity index (χ4n) is 2.19. The molecular formula is C13H21NO7. The molecule has 1 amide bonds. The maximum absolute atomic E-state index is 11.2. The van der Waals surface area contributed by atoms with E-state index in [4.69, 9.17) is 14.6 Å². The monoisotopic (exact) mass is 303 g/mol. The minimum absolute atomic E-state index is 0.00737. The van der Waals surface area contributed by atoms with E-state index in [1.54, 1.807) is 0 Å². The molecule has 0 aromatic carbocycles. The molecule has 0 saturated carbocycles. The number of nitrogens with one attached hydrogen (secondary N) is 1. The van der Waals surface area contributed by atoms with Crippen molar-refractivity contribution in [3.05, 3.63) is 12.7 Å². The summed E-state index contributed by atoms with van der Waals surface area (Å²) in [4.78, 5) is 22.2. The van der Waals surface area contributed by atoms with E-state index in [0.29, 0.717) is 0 Å². The fraction of sp³-hybridized carbons (Fsp3) is 0.692. The molecule has 1 rings (SSSR count). The van der Waals surface area contributed by atoms with Crippen LogP contribution in [0.15, 0.2) is 12.7 Å². The van der Waals surface area contributed by atoms with Crippen LogP contribution in [-0.4, -0.2) is 70.9 Å². The highest BCUT2D eigenvalue weighted by molar-refractivity contribution is 5.81. The minimum atomic E-state index is -1.32. The van der Waals surface area contributed by atoms with Gasteiger partial charge in [-0.05, 0) is 0 Å². The Labute approximate surface area is 122 Å². The molecule has 8 nitrogen and oxygen atoms in total. The largest absolute Gasteiger partial charge is 0.462 e. The van der Waals surface area contributed by atoms with Gasteiger partial charge in [0.15, 0.2) is 0 Å². The molecule has 4 N–H and O–H groups in total. The maximum atomic E-state index is 11.2. The Hall–Kier alpha value is -1.48. The molecule has 1 heterocycles. The molecule has 0 bridgehead atoms. The second kappa shape index (κ2) is 8.08.